The Balaban J connectivity index is 2.15. The minimum absolute atomic E-state index is 0.252. The molecule has 1 N–H and O–H groups in total. The maximum Gasteiger partial charge on any atom is 0.220 e. The highest BCUT2D eigenvalue weighted by Gasteiger charge is 2.47. The normalized spacial score (nSPS) is 39.0. The first kappa shape index (κ1) is 10.0. The van der Waals surface area contributed by atoms with E-state index in [2.05, 4.69) is 19.2 Å². The summed E-state index contributed by atoms with van der Waals surface area (Å²) < 4.78 is 0. The maximum atomic E-state index is 11.5. The number of hydrogen-bond acceptors (Lipinski definition) is 1. The Morgan fingerprint density at radius 3 is 2.64 bits per heavy atom. The van der Waals surface area contributed by atoms with E-state index < -0.39 is 0 Å². The molecule has 1 heterocycles. The summed E-state index contributed by atoms with van der Waals surface area (Å²) >= 11 is 0. The Morgan fingerprint density at radius 2 is 2.07 bits per heavy atom. The number of hydrogen-bond donors (Lipinski definition) is 1. The minimum Gasteiger partial charge on any atom is -0.353 e. The Kier molecular flexibility index (Phi) is 2.54. The third-order valence-electron chi connectivity index (χ3n) is 4.37. The highest BCUT2D eigenvalue weighted by atomic mass is 16.2. The fourth-order valence-electron chi connectivity index (χ4n) is 3.46. The first-order valence-corrected chi connectivity index (χ1v) is 5.96. The predicted octanol–water partition coefficient (Wildman–Crippen LogP) is 2.48. The molecule has 2 heteroatoms. The Labute approximate surface area is 86.5 Å². The molecule has 1 aliphatic carbocycles. The van der Waals surface area contributed by atoms with E-state index in [-0.39, 0.29) is 11.3 Å². The van der Waals surface area contributed by atoms with Crippen molar-refractivity contribution in [3.8, 4) is 0 Å². The van der Waals surface area contributed by atoms with Crippen molar-refractivity contribution >= 4 is 5.91 Å². The van der Waals surface area contributed by atoms with Gasteiger partial charge in [0.2, 0.25) is 5.91 Å². The van der Waals surface area contributed by atoms with Gasteiger partial charge in [-0.1, -0.05) is 26.7 Å². The zero-order chi connectivity index (χ0) is 10.2. The van der Waals surface area contributed by atoms with Crippen LogP contribution in [0.4, 0.5) is 0 Å². The van der Waals surface area contributed by atoms with Gasteiger partial charge >= 0.3 is 0 Å². The molecule has 0 aromatic rings. The van der Waals surface area contributed by atoms with Gasteiger partial charge in [0, 0.05) is 12.5 Å². The van der Waals surface area contributed by atoms with Gasteiger partial charge in [0.05, 0.1) is 0 Å². The fraction of sp³-hybridized carbons (Fsp3) is 0.917. The highest BCUT2D eigenvalue weighted by molar-refractivity contribution is 5.80. The molecule has 0 radical (unpaired) electrons. The second-order valence-corrected chi connectivity index (χ2v) is 5.19. The zero-order valence-corrected chi connectivity index (χ0v) is 9.31. The molecule has 2 rings (SSSR count). The first-order valence-electron chi connectivity index (χ1n) is 5.96. The van der Waals surface area contributed by atoms with Crippen LogP contribution in [0.25, 0.3) is 0 Å². The lowest BCUT2D eigenvalue weighted by molar-refractivity contribution is -0.119. The number of rotatable bonds is 2. The molecule has 2 fully saturated rings. The van der Waals surface area contributed by atoms with Crippen molar-refractivity contribution in [2.45, 2.75) is 58.4 Å². The van der Waals surface area contributed by atoms with Gasteiger partial charge in [-0.05, 0) is 30.6 Å². The molecule has 0 spiro atoms. The number of nitrogens with one attached hydrogen (secondary N) is 1. The van der Waals surface area contributed by atoms with Crippen LogP contribution in [0.5, 0.6) is 0 Å². The monoisotopic (exact) mass is 195 g/mol. The van der Waals surface area contributed by atoms with Crippen LogP contribution in [0.1, 0.15) is 52.4 Å². The number of carbonyl (C=O) groups excluding carboxylic acids is 1. The van der Waals surface area contributed by atoms with Crippen LogP contribution >= 0.6 is 0 Å². The summed E-state index contributed by atoms with van der Waals surface area (Å²) in [6, 6.07) is 0.429. The summed E-state index contributed by atoms with van der Waals surface area (Å²) in [4.78, 5) is 11.5. The van der Waals surface area contributed by atoms with Crippen molar-refractivity contribution < 1.29 is 4.79 Å². The van der Waals surface area contributed by atoms with E-state index >= 15 is 0 Å². The minimum atomic E-state index is 0.252. The van der Waals surface area contributed by atoms with Gasteiger partial charge < -0.3 is 5.32 Å². The lowest BCUT2D eigenvalue weighted by atomic mass is 9.70. The average Bonchev–Trinajstić information content (AvgIpc) is 2.73. The predicted molar refractivity (Wildman–Crippen MR) is 56.9 cm³/mol. The van der Waals surface area contributed by atoms with E-state index in [4.69, 9.17) is 0 Å². The van der Waals surface area contributed by atoms with Crippen LogP contribution in [-0.4, -0.2) is 11.9 Å². The van der Waals surface area contributed by atoms with E-state index in [1.165, 1.54) is 25.7 Å². The van der Waals surface area contributed by atoms with Crippen molar-refractivity contribution in [3.63, 3.8) is 0 Å². The topological polar surface area (TPSA) is 29.1 Å². The summed E-state index contributed by atoms with van der Waals surface area (Å²) in [6.07, 6.45) is 7.24. The van der Waals surface area contributed by atoms with E-state index in [9.17, 15) is 4.79 Å². The summed E-state index contributed by atoms with van der Waals surface area (Å²) in [5.74, 6) is 1.05. The second kappa shape index (κ2) is 3.56. The summed E-state index contributed by atoms with van der Waals surface area (Å²) in [6.45, 7) is 4.50. The van der Waals surface area contributed by atoms with E-state index in [0.29, 0.717) is 6.04 Å². The summed E-state index contributed by atoms with van der Waals surface area (Å²) in [5, 5.41) is 3.13. The average molecular weight is 195 g/mol. The van der Waals surface area contributed by atoms with Gasteiger partial charge in [-0.2, -0.15) is 0 Å². The van der Waals surface area contributed by atoms with E-state index in [1.807, 2.05) is 0 Å². The van der Waals surface area contributed by atoms with Gasteiger partial charge in [0.1, 0.15) is 0 Å². The Morgan fingerprint density at radius 1 is 1.43 bits per heavy atom. The fourth-order valence-corrected chi connectivity index (χ4v) is 3.46. The molecule has 2 atom stereocenters. The Bertz CT molecular complexity index is 232. The van der Waals surface area contributed by atoms with Gasteiger partial charge in [-0.15, -0.1) is 0 Å². The van der Waals surface area contributed by atoms with Gasteiger partial charge in [-0.25, -0.2) is 0 Å². The van der Waals surface area contributed by atoms with Crippen LogP contribution in [-0.2, 0) is 4.79 Å². The second-order valence-electron chi connectivity index (χ2n) is 5.19. The molecule has 80 valence electrons. The molecule has 1 saturated heterocycles. The SMILES string of the molecule is CCC1NC(=O)CC1(C)C1CCCC1. The van der Waals surface area contributed by atoms with Crippen LogP contribution in [0.15, 0.2) is 0 Å². The molecule has 0 aromatic heterocycles. The molecule has 0 aromatic carbocycles. The zero-order valence-electron chi connectivity index (χ0n) is 9.31. The third-order valence-corrected chi connectivity index (χ3v) is 4.37. The molecular weight excluding hydrogens is 174 g/mol. The van der Waals surface area contributed by atoms with Crippen molar-refractivity contribution in [2.75, 3.05) is 0 Å². The van der Waals surface area contributed by atoms with Crippen LogP contribution in [0.2, 0.25) is 0 Å². The quantitative estimate of drug-likeness (QED) is 0.720. The molecule has 1 aliphatic heterocycles. The number of amides is 1. The summed E-state index contributed by atoms with van der Waals surface area (Å²) in [7, 11) is 0. The molecule has 0 bridgehead atoms. The van der Waals surface area contributed by atoms with Gasteiger partial charge in [0.15, 0.2) is 0 Å². The van der Waals surface area contributed by atoms with Gasteiger partial charge in [0.25, 0.3) is 0 Å². The van der Waals surface area contributed by atoms with Crippen molar-refractivity contribution in [1.82, 2.24) is 5.32 Å². The first-order chi connectivity index (χ1) is 6.66. The maximum absolute atomic E-state index is 11.5. The van der Waals surface area contributed by atoms with Gasteiger partial charge in [-0.3, -0.25) is 4.79 Å². The van der Waals surface area contributed by atoms with Crippen molar-refractivity contribution in [3.05, 3.63) is 0 Å². The molecular formula is C12H21NO. The third kappa shape index (κ3) is 1.45. The summed E-state index contributed by atoms with van der Waals surface area (Å²) in [5.41, 5.74) is 0.252. The van der Waals surface area contributed by atoms with E-state index in [0.717, 1.165) is 18.8 Å². The lowest BCUT2D eigenvalue weighted by Crippen LogP contribution is -2.39. The standard InChI is InChI=1S/C12H21NO/c1-3-10-12(2,8-11(14)13-10)9-6-4-5-7-9/h9-10H,3-8H2,1-2H3,(H,13,14). The van der Waals surface area contributed by atoms with Crippen LogP contribution < -0.4 is 5.32 Å². The van der Waals surface area contributed by atoms with Crippen LogP contribution in [0.3, 0.4) is 0 Å². The Hall–Kier alpha value is -0.530. The number of carbonyl (C=O) groups is 1. The molecule has 2 unspecified atom stereocenters. The van der Waals surface area contributed by atoms with Crippen LogP contribution in [0, 0.1) is 11.3 Å². The molecule has 2 nitrogen and oxygen atoms in total. The largest absolute Gasteiger partial charge is 0.353 e. The molecule has 1 amide bonds. The molecule has 2 aliphatic rings. The smallest absolute Gasteiger partial charge is 0.220 e. The van der Waals surface area contributed by atoms with E-state index in [1.54, 1.807) is 0 Å². The highest BCUT2D eigenvalue weighted by Crippen LogP contribution is 2.47. The van der Waals surface area contributed by atoms with Crippen molar-refractivity contribution in [2.24, 2.45) is 11.3 Å². The molecule has 14 heavy (non-hydrogen) atoms. The van der Waals surface area contributed by atoms with Crippen molar-refractivity contribution in [1.29, 1.82) is 0 Å². The lowest BCUT2D eigenvalue weighted by Gasteiger charge is -2.35. The molecule has 1 saturated carbocycles.